The SMILES string of the molecule is COc1cc(CN2CCC(C(C)N)C2)ccc1C#N. The third-order valence-electron chi connectivity index (χ3n) is 3.84. The maximum atomic E-state index is 8.97. The van der Waals surface area contributed by atoms with Gasteiger partial charge in [0.15, 0.2) is 0 Å². The molecule has 4 nitrogen and oxygen atoms in total. The van der Waals surface area contributed by atoms with Crippen LogP contribution >= 0.6 is 0 Å². The van der Waals surface area contributed by atoms with Crippen LogP contribution in [0.2, 0.25) is 0 Å². The molecule has 1 aliphatic heterocycles. The van der Waals surface area contributed by atoms with Crippen LogP contribution in [0.1, 0.15) is 24.5 Å². The molecule has 0 aliphatic carbocycles. The predicted octanol–water partition coefficient (Wildman–Crippen LogP) is 1.74. The molecule has 0 amide bonds. The first-order valence-electron chi connectivity index (χ1n) is 6.69. The molecule has 1 aromatic carbocycles. The molecule has 2 rings (SSSR count). The summed E-state index contributed by atoms with van der Waals surface area (Å²) in [7, 11) is 1.60. The van der Waals surface area contributed by atoms with Crippen molar-refractivity contribution in [2.45, 2.75) is 25.9 Å². The Labute approximate surface area is 114 Å². The average molecular weight is 259 g/mol. The summed E-state index contributed by atoms with van der Waals surface area (Å²) >= 11 is 0. The van der Waals surface area contributed by atoms with Gasteiger partial charge in [0.2, 0.25) is 0 Å². The summed E-state index contributed by atoms with van der Waals surface area (Å²) in [6, 6.07) is 8.18. The number of methoxy groups -OCH3 is 1. The maximum Gasteiger partial charge on any atom is 0.136 e. The quantitative estimate of drug-likeness (QED) is 0.894. The summed E-state index contributed by atoms with van der Waals surface area (Å²) in [5.41, 5.74) is 7.72. The molecule has 1 aromatic rings. The van der Waals surface area contributed by atoms with Crippen LogP contribution < -0.4 is 10.5 Å². The first-order valence-corrected chi connectivity index (χ1v) is 6.69. The second-order valence-corrected chi connectivity index (χ2v) is 5.29. The van der Waals surface area contributed by atoms with E-state index in [0.717, 1.165) is 19.6 Å². The second-order valence-electron chi connectivity index (χ2n) is 5.29. The molecule has 2 unspecified atom stereocenters. The predicted molar refractivity (Wildman–Crippen MR) is 74.7 cm³/mol. The lowest BCUT2D eigenvalue weighted by molar-refractivity contribution is 0.308. The molecule has 0 radical (unpaired) electrons. The monoisotopic (exact) mass is 259 g/mol. The fourth-order valence-electron chi connectivity index (χ4n) is 2.62. The Morgan fingerprint density at radius 1 is 1.58 bits per heavy atom. The van der Waals surface area contributed by atoms with Gasteiger partial charge in [-0.15, -0.1) is 0 Å². The first kappa shape index (κ1) is 13.9. The van der Waals surface area contributed by atoms with Crippen LogP contribution in [0, 0.1) is 17.2 Å². The number of nitrogens with zero attached hydrogens (tertiary/aromatic N) is 2. The molecule has 0 bridgehead atoms. The second kappa shape index (κ2) is 6.05. The molecular weight excluding hydrogens is 238 g/mol. The largest absolute Gasteiger partial charge is 0.495 e. The van der Waals surface area contributed by atoms with Gasteiger partial charge in [0.05, 0.1) is 12.7 Å². The van der Waals surface area contributed by atoms with Gasteiger partial charge in [0.25, 0.3) is 0 Å². The number of rotatable bonds is 4. The van der Waals surface area contributed by atoms with E-state index < -0.39 is 0 Å². The van der Waals surface area contributed by atoms with Crippen molar-refractivity contribution in [3.05, 3.63) is 29.3 Å². The lowest BCUT2D eigenvalue weighted by Crippen LogP contribution is -2.29. The first-order chi connectivity index (χ1) is 9.13. The molecule has 102 valence electrons. The highest BCUT2D eigenvalue weighted by molar-refractivity contribution is 5.45. The van der Waals surface area contributed by atoms with Crippen LogP contribution in [0.3, 0.4) is 0 Å². The number of ether oxygens (including phenoxy) is 1. The Kier molecular flexibility index (Phi) is 4.41. The normalized spacial score (nSPS) is 21.1. The van der Waals surface area contributed by atoms with Gasteiger partial charge in [-0.25, -0.2) is 0 Å². The number of benzene rings is 1. The van der Waals surface area contributed by atoms with Crippen molar-refractivity contribution in [1.82, 2.24) is 4.90 Å². The van der Waals surface area contributed by atoms with Gasteiger partial charge in [-0.3, -0.25) is 4.90 Å². The van der Waals surface area contributed by atoms with Gasteiger partial charge in [0.1, 0.15) is 11.8 Å². The van der Waals surface area contributed by atoms with E-state index in [9.17, 15) is 0 Å². The van der Waals surface area contributed by atoms with E-state index >= 15 is 0 Å². The summed E-state index contributed by atoms with van der Waals surface area (Å²) in [5, 5.41) is 8.97. The Morgan fingerprint density at radius 2 is 2.37 bits per heavy atom. The van der Waals surface area contributed by atoms with Crippen molar-refractivity contribution < 1.29 is 4.74 Å². The maximum absolute atomic E-state index is 8.97. The Morgan fingerprint density at radius 3 is 2.95 bits per heavy atom. The van der Waals surface area contributed by atoms with Crippen LogP contribution in [0.25, 0.3) is 0 Å². The third kappa shape index (κ3) is 3.25. The number of hydrogen-bond donors (Lipinski definition) is 1. The molecule has 0 spiro atoms. The highest BCUT2D eigenvalue weighted by atomic mass is 16.5. The van der Waals surface area contributed by atoms with Crippen molar-refractivity contribution in [2.75, 3.05) is 20.2 Å². The summed E-state index contributed by atoms with van der Waals surface area (Å²) in [6.07, 6.45) is 1.17. The molecule has 0 aromatic heterocycles. The van der Waals surface area contributed by atoms with E-state index in [0.29, 0.717) is 17.2 Å². The zero-order valence-corrected chi connectivity index (χ0v) is 11.6. The molecule has 1 fully saturated rings. The van der Waals surface area contributed by atoms with Crippen LogP contribution in [0.4, 0.5) is 0 Å². The van der Waals surface area contributed by atoms with Gasteiger partial charge in [-0.1, -0.05) is 6.07 Å². The molecule has 1 saturated heterocycles. The van der Waals surface area contributed by atoms with Crippen LogP contribution in [-0.4, -0.2) is 31.1 Å². The van der Waals surface area contributed by atoms with E-state index in [4.69, 9.17) is 15.7 Å². The lowest BCUT2D eigenvalue weighted by atomic mass is 10.0. The van der Waals surface area contributed by atoms with Gasteiger partial charge < -0.3 is 10.5 Å². The number of likely N-dealkylation sites (tertiary alicyclic amines) is 1. The van der Waals surface area contributed by atoms with Gasteiger partial charge in [-0.2, -0.15) is 5.26 Å². The van der Waals surface area contributed by atoms with Gasteiger partial charge in [0, 0.05) is 19.1 Å². The third-order valence-corrected chi connectivity index (χ3v) is 3.84. The standard InChI is InChI=1S/C15H21N3O/c1-11(17)14-5-6-18(10-14)9-12-3-4-13(8-16)15(7-12)19-2/h3-4,7,11,14H,5-6,9-10,17H2,1-2H3. The highest BCUT2D eigenvalue weighted by Gasteiger charge is 2.25. The zero-order valence-electron chi connectivity index (χ0n) is 11.6. The van der Waals surface area contributed by atoms with Gasteiger partial charge in [-0.05, 0) is 43.5 Å². The summed E-state index contributed by atoms with van der Waals surface area (Å²) in [6.45, 7) is 5.12. The molecule has 19 heavy (non-hydrogen) atoms. The van der Waals surface area contributed by atoms with Crippen molar-refractivity contribution in [3.63, 3.8) is 0 Å². The van der Waals surface area contributed by atoms with Crippen LogP contribution in [-0.2, 0) is 6.54 Å². The topological polar surface area (TPSA) is 62.3 Å². The molecule has 1 aliphatic rings. The molecule has 2 atom stereocenters. The van der Waals surface area contributed by atoms with E-state index in [1.165, 1.54) is 12.0 Å². The fraction of sp³-hybridized carbons (Fsp3) is 0.533. The number of hydrogen-bond acceptors (Lipinski definition) is 4. The fourth-order valence-corrected chi connectivity index (χ4v) is 2.62. The van der Waals surface area contributed by atoms with Crippen molar-refractivity contribution >= 4 is 0 Å². The highest BCUT2D eigenvalue weighted by Crippen LogP contribution is 2.24. The Bertz CT molecular complexity index is 479. The van der Waals surface area contributed by atoms with Crippen LogP contribution in [0.15, 0.2) is 18.2 Å². The van der Waals surface area contributed by atoms with E-state index in [1.54, 1.807) is 7.11 Å². The van der Waals surface area contributed by atoms with E-state index in [1.807, 2.05) is 18.2 Å². The molecule has 0 saturated carbocycles. The van der Waals surface area contributed by atoms with Crippen molar-refractivity contribution in [1.29, 1.82) is 5.26 Å². The van der Waals surface area contributed by atoms with E-state index in [-0.39, 0.29) is 6.04 Å². The summed E-state index contributed by atoms with van der Waals surface area (Å²) < 4.78 is 5.24. The molecule has 2 N–H and O–H groups in total. The lowest BCUT2D eigenvalue weighted by Gasteiger charge is -2.18. The minimum absolute atomic E-state index is 0.264. The molecule has 4 heteroatoms. The van der Waals surface area contributed by atoms with Crippen LogP contribution in [0.5, 0.6) is 5.75 Å². The minimum Gasteiger partial charge on any atom is -0.495 e. The zero-order chi connectivity index (χ0) is 13.8. The summed E-state index contributed by atoms with van der Waals surface area (Å²) in [4.78, 5) is 2.41. The number of nitrogens with two attached hydrogens (primary N) is 1. The Balaban J connectivity index is 2.03. The van der Waals surface area contributed by atoms with E-state index in [2.05, 4.69) is 17.9 Å². The van der Waals surface area contributed by atoms with Gasteiger partial charge >= 0.3 is 0 Å². The molecular formula is C15H21N3O. The smallest absolute Gasteiger partial charge is 0.136 e. The summed E-state index contributed by atoms with van der Waals surface area (Å²) in [5.74, 6) is 1.25. The average Bonchev–Trinajstić information content (AvgIpc) is 2.87. The molecule has 1 heterocycles. The van der Waals surface area contributed by atoms with Crippen molar-refractivity contribution in [3.8, 4) is 11.8 Å². The Hall–Kier alpha value is -1.57. The van der Waals surface area contributed by atoms with Crippen molar-refractivity contribution in [2.24, 2.45) is 11.7 Å². The number of nitriles is 1. The minimum atomic E-state index is 0.264.